The summed E-state index contributed by atoms with van der Waals surface area (Å²) in [6.45, 7) is 11.1. The van der Waals surface area contributed by atoms with Gasteiger partial charge in [-0.05, 0) is 27.4 Å². The molecule has 4 heteroatoms. The number of nitrogens with one attached hydrogen (secondary N) is 1. The predicted molar refractivity (Wildman–Crippen MR) is 66.2 cm³/mol. The molecule has 92 valence electrons. The van der Waals surface area contributed by atoms with Gasteiger partial charge in [-0.15, -0.1) is 0 Å². The standard InChI is InChI=1S/C12H24N4/c1-5-14-12(3,9-13)10-16-7-6-15(4)11(2)8-16/h11,14H,5-8,10H2,1-4H3. The van der Waals surface area contributed by atoms with Gasteiger partial charge in [0.1, 0.15) is 5.54 Å². The van der Waals surface area contributed by atoms with Gasteiger partial charge in [-0.1, -0.05) is 6.92 Å². The lowest BCUT2D eigenvalue weighted by Gasteiger charge is -2.40. The summed E-state index contributed by atoms with van der Waals surface area (Å²) >= 11 is 0. The van der Waals surface area contributed by atoms with Crippen molar-refractivity contribution in [2.75, 3.05) is 39.8 Å². The highest BCUT2D eigenvalue weighted by Gasteiger charge is 2.29. The Morgan fingerprint density at radius 3 is 2.69 bits per heavy atom. The third-order valence-corrected chi connectivity index (χ3v) is 3.40. The third kappa shape index (κ3) is 3.44. The van der Waals surface area contributed by atoms with Crippen LogP contribution in [0.25, 0.3) is 0 Å². The number of hydrogen-bond acceptors (Lipinski definition) is 4. The van der Waals surface area contributed by atoms with Gasteiger partial charge in [0.15, 0.2) is 0 Å². The third-order valence-electron chi connectivity index (χ3n) is 3.40. The quantitative estimate of drug-likeness (QED) is 0.756. The van der Waals surface area contributed by atoms with Crippen LogP contribution in [0.3, 0.4) is 0 Å². The van der Waals surface area contributed by atoms with Gasteiger partial charge >= 0.3 is 0 Å². The molecule has 2 unspecified atom stereocenters. The summed E-state index contributed by atoms with van der Waals surface area (Å²) < 4.78 is 0. The van der Waals surface area contributed by atoms with E-state index in [1.54, 1.807) is 0 Å². The SMILES string of the molecule is CCNC(C)(C#N)CN1CCN(C)C(C)C1. The molecule has 0 bridgehead atoms. The van der Waals surface area contributed by atoms with Gasteiger partial charge in [-0.2, -0.15) is 5.26 Å². The zero-order valence-corrected chi connectivity index (χ0v) is 11.0. The normalized spacial score (nSPS) is 27.3. The monoisotopic (exact) mass is 224 g/mol. The van der Waals surface area contributed by atoms with Gasteiger partial charge in [0, 0.05) is 32.2 Å². The van der Waals surface area contributed by atoms with Crippen LogP contribution in [0, 0.1) is 11.3 Å². The van der Waals surface area contributed by atoms with Gasteiger partial charge in [-0.25, -0.2) is 0 Å². The van der Waals surface area contributed by atoms with Crippen molar-refractivity contribution in [3.05, 3.63) is 0 Å². The fourth-order valence-corrected chi connectivity index (χ4v) is 2.24. The van der Waals surface area contributed by atoms with Crippen LogP contribution in [0.5, 0.6) is 0 Å². The van der Waals surface area contributed by atoms with Crippen LogP contribution in [0.2, 0.25) is 0 Å². The van der Waals surface area contributed by atoms with E-state index in [2.05, 4.69) is 35.2 Å². The van der Waals surface area contributed by atoms with Crippen LogP contribution < -0.4 is 5.32 Å². The van der Waals surface area contributed by atoms with E-state index in [1.165, 1.54) is 0 Å². The molecule has 1 aliphatic heterocycles. The molecule has 16 heavy (non-hydrogen) atoms. The highest BCUT2D eigenvalue weighted by molar-refractivity contribution is 5.06. The van der Waals surface area contributed by atoms with E-state index in [9.17, 15) is 5.26 Å². The first kappa shape index (κ1) is 13.4. The second kappa shape index (κ2) is 5.62. The minimum Gasteiger partial charge on any atom is -0.301 e. The molecular weight excluding hydrogens is 200 g/mol. The van der Waals surface area contributed by atoms with Gasteiger partial charge < -0.3 is 4.90 Å². The van der Waals surface area contributed by atoms with Crippen LogP contribution in [0.1, 0.15) is 20.8 Å². The number of nitriles is 1. The molecule has 0 saturated carbocycles. The summed E-state index contributed by atoms with van der Waals surface area (Å²) in [7, 11) is 2.16. The number of rotatable bonds is 4. The van der Waals surface area contributed by atoms with E-state index in [1.807, 2.05) is 13.8 Å². The number of nitrogens with zero attached hydrogens (tertiary/aromatic N) is 3. The molecule has 0 amide bonds. The summed E-state index contributed by atoms with van der Waals surface area (Å²) in [5.41, 5.74) is -0.412. The van der Waals surface area contributed by atoms with Crippen molar-refractivity contribution in [3.63, 3.8) is 0 Å². The molecule has 1 heterocycles. The van der Waals surface area contributed by atoms with Gasteiger partial charge in [-0.3, -0.25) is 10.2 Å². The second-order valence-electron chi connectivity index (χ2n) is 5.04. The van der Waals surface area contributed by atoms with E-state index in [0.29, 0.717) is 6.04 Å². The van der Waals surface area contributed by atoms with E-state index in [4.69, 9.17) is 0 Å². The fourth-order valence-electron chi connectivity index (χ4n) is 2.24. The average Bonchev–Trinajstić information content (AvgIpc) is 2.24. The molecular formula is C12H24N4. The van der Waals surface area contributed by atoms with E-state index >= 15 is 0 Å². The van der Waals surface area contributed by atoms with Crippen molar-refractivity contribution in [2.24, 2.45) is 0 Å². The number of hydrogen-bond donors (Lipinski definition) is 1. The zero-order valence-electron chi connectivity index (χ0n) is 11.0. The maximum absolute atomic E-state index is 9.22. The Kier molecular flexibility index (Phi) is 4.72. The van der Waals surface area contributed by atoms with Crippen molar-refractivity contribution >= 4 is 0 Å². The Balaban J connectivity index is 2.51. The summed E-state index contributed by atoms with van der Waals surface area (Å²) in [5, 5.41) is 12.5. The lowest BCUT2D eigenvalue weighted by Crippen LogP contribution is -2.57. The van der Waals surface area contributed by atoms with Crippen molar-refractivity contribution in [3.8, 4) is 6.07 Å². The highest BCUT2D eigenvalue weighted by Crippen LogP contribution is 2.11. The Hall–Kier alpha value is -0.630. The topological polar surface area (TPSA) is 42.3 Å². The van der Waals surface area contributed by atoms with Crippen LogP contribution in [0.4, 0.5) is 0 Å². The number of likely N-dealkylation sites (N-methyl/N-ethyl adjacent to an activating group) is 2. The fraction of sp³-hybridized carbons (Fsp3) is 0.917. The molecule has 0 aromatic rings. The maximum atomic E-state index is 9.22. The van der Waals surface area contributed by atoms with E-state index in [0.717, 1.165) is 32.7 Å². The molecule has 4 nitrogen and oxygen atoms in total. The van der Waals surface area contributed by atoms with Crippen molar-refractivity contribution in [2.45, 2.75) is 32.4 Å². The Bertz CT molecular complexity index is 260. The molecule has 0 radical (unpaired) electrons. The van der Waals surface area contributed by atoms with Crippen molar-refractivity contribution in [1.82, 2.24) is 15.1 Å². The molecule has 0 aliphatic carbocycles. The lowest BCUT2D eigenvalue weighted by atomic mass is 10.0. The second-order valence-corrected chi connectivity index (χ2v) is 5.04. The van der Waals surface area contributed by atoms with E-state index < -0.39 is 5.54 Å². The molecule has 0 spiro atoms. The van der Waals surface area contributed by atoms with E-state index in [-0.39, 0.29) is 0 Å². The molecule has 0 aromatic carbocycles. The molecule has 1 aliphatic rings. The summed E-state index contributed by atoms with van der Waals surface area (Å²) in [4.78, 5) is 4.75. The van der Waals surface area contributed by atoms with Crippen LogP contribution in [-0.4, -0.2) is 61.2 Å². The minimum atomic E-state index is -0.412. The summed E-state index contributed by atoms with van der Waals surface area (Å²) in [6.07, 6.45) is 0. The molecule has 1 N–H and O–H groups in total. The Morgan fingerprint density at radius 1 is 1.50 bits per heavy atom. The molecule has 0 aromatic heterocycles. The largest absolute Gasteiger partial charge is 0.301 e. The smallest absolute Gasteiger partial charge is 0.116 e. The van der Waals surface area contributed by atoms with Crippen molar-refractivity contribution in [1.29, 1.82) is 5.26 Å². The maximum Gasteiger partial charge on any atom is 0.116 e. The van der Waals surface area contributed by atoms with Gasteiger partial charge in [0.05, 0.1) is 6.07 Å². The molecule has 1 saturated heterocycles. The number of piperazine rings is 1. The van der Waals surface area contributed by atoms with Crippen molar-refractivity contribution < 1.29 is 0 Å². The predicted octanol–water partition coefficient (Wildman–Crippen LogP) is 0.514. The summed E-state index contributed by atoms with van der Waals surface area (Å²) in [5.74, 6) is 0. The average molecular weight is 224 g/mol. The van der Waals surface area contributed by atoms with Crippen LogP contribution in [0.15, 0.2) is 0 Å². The summed E-state index contributed by atoms with van der Waals surface area (Å²) in [6, 6.07) is 2.97. The minimum absolute atomic E-state index is 0.412. The van der Waals surface area contributed by atoms with Crippen LogP contribution >= 0.6 is 0 Å². The zero-order chi connectivity index (χ0) is 12.2. The first-order valence-electron chi connectivity index (χ1n) is 6.09. The molecule has 2 atom stereocenters. The first-order chi connectivity index (χ1) is 7.50. The Morgan fingerprint density at radius 2 is 2.19 bits per heavy atom. The first-order valence-corrected chi connectivity index (χ1v) is 6.09. The van der Waals surface area contributed by atoms with Gasteiger partial charge in [0.2, 0.25) is 0 Å². The Labute approximate surface area is 99.2 Å². The van der Waals surface area contributed by atoms with Crippen LogP contribution in [-0.2, 0) is 0 Å². The lowest BCUT2D eigenvalue weighted by molar-refractivity contribution is 0.0908. The highest BCUT2D eigenvalue weighted by atomic mass is 15.3. The van der Waals surface area contributed by atoms with Gasteiger partial charge in [0.25, 0.3) is 0 Å². The molecule has 1 fully saturated rings. The molecule has 1 rings (SSSR count).